The van der Waals surface area contributed by atoms with Gasteiger partial charge < -0.3 is 9.47 Å². The number of aryl methyl sites for hydroxylation is 1. The normalized spacial score (nSPS) is 18.9. The Morgan fingerprint density at radius 1 is 1.14 bits per heavy atom. The molecule has 5 nitrogen and oxygen atoms in total. The van der Waals surface area contributed by atoms with Gasteiger partial charge in [0.15, 0.2) is 0 Å². The fourth-order valence-corrected chi connectivity index (χ4v) is 4.61. The zero-order valence-electron chi connectivity index (χ0n) is 16.4. The van der Waals surface area contributed by atoms with Gasteiger partial charge >= 0.3 is 0 Å². The van der Waals surface area contributed by atoms with Gasteiger partial charge in [-0.2, -0.15) is 5.26 Å². The Balaban J connectivity index is 1.41. The molecule has 0 unspecified atom stereocenters. The van der Waals surface area contributed by atoms with Crippen LogP contribution in [0.25, 0.3) is 17.0 Å². The van der Waals surface area contributed by atoms with Crippen LogP contribution in [0.1, 0.15) is 37.7 Å². The van der Waals surface area contributed by atoms with Crippen molar-refractivity contribution in [2.75, 3.05) is 26.2 Å². The average Bonchev–Trinajstić information content (AvgIpc) is 3.39. The van der Waals surface area contributed by atoms with E-state index in [2.05, 4.69) is 27.7 Å². The Morgan fingerprint density at radius 2 is 1.89 bits per heavy atom. The molecular weight excluding hydrogens is 348 g/mol. The van der Waals surface area contributed by atoms with Crippen molar-refractivity contribution in [3.63, 3.8) is 0 Å². The van der Waals surface area contributed by atoms with Gasteiger partial charge in [0.25, 0.3) is 0 Å². The summed E-state index contributed by atoms with van der Waals surface area (Å²) in [5, 5.41) is 10.0. The molecule has 0 atom stereocenters. The third-order valence-corrected chi connectivity index (χ3v) is 6.16. The number of fused-ring (bicyclic) bond motifs is 1. The van der Waals surface area contributed by atoms with Gasteiger partial charge in [-0.15, -0.1) is 0 Å². The lowest BCUT2D eigenvalue weighted by molar-refractivity contribution is -0.127. The van der Waals surface area contributed by atoms with Crippen LogP contribution in [0.15, 0.2) is 36.5 Å². The second-order valence-electron chi connectivity index (χ2n) is 7.84. The van der Waals surface area contributed by atoms with E-state index in [1.165, 1.54) is 25.7 Å². The lowest BCUT2D eigenvalue weighted by Gasteiger charge is -2.37. The van der Waals surface area contributed by atoms with Crippen LogP contribution in [-0.4, -0.2) is 52.5 Å². The number of carbonyl (C=O) groups excluding carboxylic acids is 1. The first-order valence-corrected chi connectivity index (χ1v) is 10.4. The van der Waals surface area contributed by atoms with Crippen molar-refractivity contribution in [2.45, 2.75) is 44.7 Å². The second kappa shape index (κ2) is 8.62. The smallest absolute Gasteiger partial charge is 0.246 e. The molecule has 28 heavy (non-hydrogen) atoms. The number of para-hydroxylation sites is 1. The summed E-state index contributed by atoms with van der Waals surface area (Å²) in [5.41, 5.74) is 2.14. The Kier molecular flexibility index (Phi) is 5.78. The van der Waals surface area contributed by atoms with Gasteiger partial charge in [-0.05, 0) is 25.0 Å². The Morgan fingerprint density at radius 3 is 2.64 bits per heavy atom. The molecule has 0 bridgehead atoms. The van der Waals surface area contributed by atoms with Crippen molar-refractivity contribution >= 4 is 22.9 Å². The highest BCUT2D eigenvalue weighted by Crippen LogP contribution is 2.25. The molecule has 1 aliphatic carbocycles. The number of amides is 1. The standard InChI is InChI=1S/C23H28N4O/c24-12-5-13-27-18-19(21-8-3-4-9-22(21)27)10-11-23(28)26-16-14-25(15-17-26)20-6-1-2-7-20/h3-4,8-11,18,20H,1-2,5-7,13-17H2. The molecule has 0 spiro atoms. The van der Waals surface area contributed by atoms with Gasteiger partial charge in [0.2, 0.25) is 5.91 Å². The summed E-state index contributed by atoms with van der Waals surface area (Å²) in [7, 11) is 0. The maximum Gasteiger partial charge on any atom is 0.246 e. The van der Waals surface area contributed by atoms with Crippen LogP contribution in [0.4, 0.5) is 0 Å². The van der Waals surface area contributed by atoms with E-state index in [1.54, 1.807) is 6.08 Å². The van der Waals surface area contributed by atoms with E-state index in [9.17, 15) is 4.79 Å². The number of hydrogen-bond donors (Lipinski definition) is 0. The van der Waals surface area contributed by atoms with Crippen molar-refractivity contribution in [2.24, 2.45) is 0 Å². The number of carbonyl (C=O) groups is 1. The number of aromatic nitrogens is 1. The first-order valence-electron chi connectivity index (χ1n) is 10.4. The van der Waals surface area contributed by atoms with Crippen LogP contribution in [0, 0.1) is 11.3 Å². The van der Waals surface area contributed by atoms with Gasteiger partial charge in [0.05, 0.1) is 12.5 Å². The molecule has 2 aromatic rings. The quantitative estimate of drug-likeness (QED) is 0.749. The molecule has 1 aliphatic heterocycles. The zero-order valence-corrected chi connectivity index (χ0v) is 16.4. The summed E-state index contributed by atoms with van der Waals surface area (Å²) in [6, 6.07) is 11.1. The highest BCUT2D eigenvalue weighted by Gasteiger charge is 2.27. The van der Waals surface area contributed by atoms with E-state index < -0.39 is 0 Å². The summed E-state index contributed by atoms with van der Waals surface area (Å²) in [5.74, 6) is 0.0972. The summed E-state index contributed by atoms with van der Waals surface area (Å²) in [6.07, 6.45) is 11.5. The third-order valence-electron chi connectivity index (χ3n) is 6.16. The molecule has 4 rings (SSSR count). The van der Waals surface area contributed by atoms with Gasteiger partial charge in [0, 0.05) is 67.5 Å². The predicted octanol–water partition coefficient (Wildman–Crippen LogP) is 3.65. The molecular formula is C23H28N4O. The highest BCUT2D eigenvalue weighted by molar-refractivity contribution is 5.96. The number of nitriles is 1. The molecule has 1 saturated heterocycles. The van der Waals surface area contributed by atoms with E-state index in [0.717, 1.165) is 48.7 Å². The minimum atomic E-state index is 0.0972. The molecule has 2 aliphatic rings. The zero-order chi connectivity index (χ0) is 19.3. The maximum atomic E-state index is 12.7. The van der Waals surface area contributed by atoms with Gasteiger partial charge in [0.1, 0.15) is 0 Å². The van der Waals surface area contributed by atoms with E-state index in [0.29, 0.717) is 13.0 Å². The minimum Gasteiger partial charge on any atom is -0.346 e. The summed E-state index contributed by atoms with van der Waals surface area (Å²) < 4.78 is 2.10. The summed E-state index contributed by atoms with van der Waals surface area (Å²) >= 11 is 0. The molecule has 1 aromatic heterocycles. The highest BCUT2D eigenvalue weighted by atomic mass is 16.2. The largest absolute Gasteiger partial charge is 0.346 e. The summed E-state index contributed by atoms with van der Waals surface area (Å²) in [6.45, 7) is 4.31. The van der Waals surface area contributed by atoms with E-state index >= 15 is 0 Å². The molecule has 1 aromatic carbocycles. The number of piperazine rings is 1. The molecule has 0 radical (unpaired) electrons. The average molecular weight is 377 g/mol. The minimum absolute atomic E-state index is 0.0972. The molecule has 1 amide bonds. The third kappa shape index (κ3) is 3.98. The van der Waals surface area contributed by atoms with Crippen molar-refractivity contribution in [1.29, 1.82) is 5.26 Å². The van der Waals surface area contributed by atoms with Gasteiger partial charge in [-0.3, -0.25) is 9.69 Å². The fraction of sp³-hybridized carbons (Fsp3) is 0.478. The van der Waals surface area contributed by atoms with E-state index in [-0.39, 0.29) is 5.91 Å². The Bertz CT molecular complexity index is 893. The monoisotopic (exact) mass is 376 g/mol. The van der Waals surface area contributed by atoms with Gasteiger partial charge in [-0.1, -0.05) is 31.0 Å². The van der Waals surface area contributed by atoms with Crippen molar-refractivity contribution in [1.82, 2.24) is 14.4 Å². The van der Waals surface area contributed by atoms with E-state index in [1.807, 2.05) is 29.3 Å². The maximum absolute atomic E-state index is 12.7. The first kappa shape index (κ1) is 18.8. The van der Waals surface area contributed by atoms with Crippen LogP contribution in [0.3, 0.4) is 0 Å². The SMILES string of the molecule is N#CCCn1cc(C=CC(=O)N2CCN(C3CCCC3)CC2)c2ccccc21. The second-order valence-corrected chi connectivity index (χ2v) is 7.84. The molecule has 2 heterocycles. The van der Waals surface area contributed by atoms with Gasteiger partial charge in [-0.25, -0.2) is 0 Å². The van der Waals surface area contributed by atoms with Crippen molar-refractivity contribution < 1.29 is 4.79 Å². The van der Waals surface area contributed by atoms with Crippen molar-refractivity contribution in [3.05, 3.63) is 42.1 Å². The lowest BCUT2D eigenvalue weighted by Crippen LogP contribution is -2.51. The molecule has 146 valence electrons. The lowest BCUT2D eigenvalue weighted by atomic mass is 10.1. The molecule has 0 N–H and O–H groups in total. The Labute approximate surface area is 166 Å². The van der Waals surface area contributed by atoms with Crippen molar-refractivity contribution in [3.8, 4) is 6.07 Å². The number of benzene rings is 1. The topological polar surface area (TPSA) is 52.3 Å². The van der Waals surface area contributed by atoms with Crippen LogP contribution < -0.4 is 0 Å². The number of rotatable bonds is 5. The molecule has 2 fully saturated rings. The number of hydrogen-bond acceptors (Lipinski definition) is 3. The van der Waals surface area contributed by atoms with Crippen LogP contribution in [-0.2, 0) is 11.3 Å². The van der Waals surface area contributed by atoms with Crippen LogP contribution >= 0.6 is 0 Å². The molecule has 5 heteroatoms. The molecule has 1 saturated carbocycles. The van der Waals surface area contributed by atoms with Crippen LogP contribution in [0.5, 0.6) is 0 Å². The van der Waals surface area contributed by atoms with Crippen LogP contribution in [0.2, 0.25) is 0 Å². The summed E-state index contributed by atoms with van der Waals surface area (Å²) in [4.78, 5) is 17.2. The predicted molar refractivity (Wildman–Crippen MR) is 112 cm³/mol. The van der Waals surface area contributed by atoms with E-state index in [4.69, 9.17) is 5.26 Å². The first-order chi connectivity index (χ1) is 13.8. The number of nitrogens with zero attached hydrogens (tertiary/aromatic N) is 4. The Hall–Kier alpha value is -2.58. The fourth-order valence-electron chi connectivity index (χ4n) is 4.61.